The number of nitrogens with two attached hydrogens (primary N) is 1. The van der Waals surface area contributed by atoms with E-state index < -0.39 is 0 Å². The SMILES string of the molecule is Cc1cc(C(N)=S)nc(NC(C)CC2CC2)n1. The van der Waals surface area contributed by atoms with Crippen molar-refractivity contribution >= 4 is 23.2 Å². The molecule has 1 aliphatic carbocycles. The summed E-state index contributed by atoms with van der Waals surface area (Å²) in [6, 6.07) is 2.20. The van der Waals surface area contributed by atoms with Crippen molar-refractivity contribution in [2.24, 2.45) is 11.7 Å². The van der Waals surface area contributed by atoms with E-state index in [2.05, 4.69) is 22.2 Å². The lowest BCUT2D eigenvalue weighted by atomic mass is 10.2. The first kappa shape index (κ1) is 12.2. The molecule has 0 radical (unpaired) electrons. The van der Waals surface area contributed by atoms with Gasteiger partial charge in [-0.2, -0.15) is 0 Å². The number of aromatic nitrogens is 2. The van der Waals surface area contributed by atoms with Crippen LogP contribution in [0.2, 0.25) is 0 Å². The lowest BCUT2D eigenvalue weighted by Crippen LogP contribution is -2.20. The van der Waals surface area contributed by atoms with Gasteiger partial charge < -0.3 is 11.1 Å². The van der Waals surface area contributed by atoms with Gasteiger partial charge in [0.05, 0.1) is 0 Å². The van der Waals surface area contributed by atoms with E-state index in [1.165, 1.54) is 19.3 Å². The molecule has 0 bridgehead atoms. The maximum absolute atomic E-state index is 5.59. The van der Waals surface area contributed by atoms with Gasteiger partial charge in [0, 0.05) is 11.7 Å². The van der Waals surface area contributed by atoms with Crippen molar-refractivity contribution in [2.75, 3.05) is 5.32 Å². The predicted octanol–water partition coefficient (Wildman–Crippen LogP) is 2.02. The highest BCUT2D eigenvalue weighted by atomic mass is 32.1. The quantitative estimate of drug-likeness (QED) is 0.783. The minimum atomic E-state index is 0.313. The zero-order valence-electron chi connectivity index (χ0n) is 10.2. The molecule has 0 spiro atoms. The van der Waals surface area contributed by atoms with Crippen LogP contribution in [0.15, 0.2) is 6.07 Å². The van der Waals surface area contributed by atoms with E-state index in [1.807, 2.05) is 6.92 Å². The lowest BCUT2D eigenvalue weighted by Gasteiger charge is -2.14. The maximum Gasteiger partial charge on any atom is 0.223 e. The number of nitrogens with one attached hydrogen (secondary N) is 1. The number of aryl methyl sites for hydroxylation is 1. The number of anilines is 1. The molecular formula is C12H18N4S. The number of hydrogen-bond acceptors (Lipinski definition) is 4. The molecule has 17 heavy (non-hydrogen) atoms. The maximum atomic E-state index is 5.59. The van der Waals surface area contributed by atoms with Gasteiger partial charge in [-0.05, 0) is 32.3 Å². The van der Waals surface area contributed by atoms with Gasteiger partial charge in [0.15, 0.2) is 0 Å². The third-order valence-electron chi connectivity index (χ3n) is 2.87. The first-order chi connectivity index (χ1) is 8.04. The summed E-state index contributed by atoms with van der Waals surface area (Å²) >= 11 is 4.93. The molecule has 0 aromatic carbocycles. The van der Waals surface area contributed by atoms with Crippen molar-refractivity contribution in [1.29, 1.82) is 0 Å². The average Bonchev–Trinajstić information content (AvgIpc) is 3.00. The third kappa shape index (κ3) is 3.63. The Morgan fingerprint density at radius 3 is 2.88 bits per heavy atom. The van der Waals surface area contributed by atoms with E-state index in [1.54, 1.807) is 6.07 Å². The predicted molar refractivity (Wildman–Crippen MR) is 73.1 cm³/mol. The molecule has 5 heteroatoms. The van der Waals surface area contributed by atoms with Crippen LogP contribution in [0, 0.1) is 12.8 Å². The van der Waals surface area contributed by atoms with E-state index in [9.17, 15) is 0 Å². The molecular weight excluding hydrogens is 232 g/mol. The molecule has 92 valence electrons. The summed E-state index contributed by atoms with van der Waals surface area (Å²) in [6.07, 6.45) is 3.90. The number of thiocarbonyl (C=S) groups is 1. The van der Waals surface area contributed by atoms with Gasteiger partial charge in [-0.1, -0.05) is 25.1 Å². The normalized spacial score (nSPS) is 16.6. The van der Waals surface area contributed by atoms with Crippen molar-refractivity contribution in [2.45, 2.75) is 39.2 Å². The fourth-order valence-corrected chi connectivity index (χ4v) is 2.00. The van der Waals surface area contributed by atoms with Crippen LogP contribution in [-0.2, 0) is 0 Å². The molecule has 1 atom stereocenters. The summed E-state index contributed by atoms with van der Waals surface area (Å²) < 4.78 is 0. The van der Waals surface area contributed by atoms with Crippen molar-refractivity contribution in [3.63, 3.8) is 0 Å². The fourth-order valence-electron chi connectivity index (χ4n) is 1.89. The second-order valence-electron chi connectivity index (χ2n) is 4.81. The second-order valence-corrected chi connectivity index (χ2v) is 5.25. The molecule has 1 fully saturated rings. The Balaban J connectivity index is 2.05. The molecule has 1 aromatic heterocycles. The molecule has 1 aromatic rings. The van der Waals surface area contributed by atoms with Crippen molar-refractivity contribution in [3.05, 3.63) is 17.5 Å². The highest BCUT2D eigenvalue weighted by Crippen LogP contribution is 2.33. The molecule has 2 rings (SSSR count). The van der Waals surface area contributed by atoms with Gasteiger partial charge in [-0.15, -0.1) is 0 Å². The van der Waals surface area contributed by atoms with E-state index >= 15 is 0 Å². The summed E-state index contributed by atoms with van der Waals surface area (Å²) in [4.78, 5) is 8.97. The Labute approximate surface area is 107 Å². The summed E-state index contributed by atoms with van der Waals surface area (Å²) in [7, 11) is 0. The number of nitrogens with zero attached hydrogens (tertiary/aromatic N) is 2. The highest BCUT2D eigenvalue weighted by molar-refractivity contribution is 7.80. The molecule has 1 aliphatic rings. The van der Waals surface area contributed by atoms with Crippen LogP contribution in [0.5, 0.6) is 0 Å². The van der Waals surface area contributed by atoms with Gasteiger partial charge in [0.1, 0.15) is 10.7 Å². The molecule has 0 amide bonds. The largest absolute Gasteiger partial charge is 0.388 e. The van der Waals surface area contributed by atoms with Gasteiger partial charge in [-0.3, -0.25) is 0 Å². The zero-order chi connectivity index (χ0) is 12.4. The highest BCUT2D eigenvalue weighted by Gasteiger charge is 2.23. The van der Waals surface area contributed by atoms with Crippen molar-refractivity contribution < 1.29 is 0 Å². The monoisotopic (exact) mass is 250 g/mol. The molecule has 0 aliphatic heterocycles. The standard InChI is InChI=1S/C12H18N4S/c1-7(5-9-3-4-9)14-12-15-8(2)6-10(16-12)11(13)17/h6-7,9H,3-5H2,1-2H3,(H2,13,17)(H,14,15,16). The molecule has 3 N–H and O–H groups in total. The molecule has 1 saturated carbocycles. The molecule has 1 heterocycles. The lowest BCUT2D eigenvalue weighted by molar-refractivity contribution is 0.637. The van der Waals surface area contributed by atoms with E-state index in [4.69, 9.17) is 18.0 Å². The third-order valence-corrected chi connectivity index (χ3v) is 3.08. The topological polar surface area (TPSA) is 63.8 Å². The average molecular weight is 250 g/mol. The molecule has 4 nitrogen and oxygen atoms in total. The number of rotatable bonds is 5. The summed E-state index contributed by atoms with van der Waals surface area (Å²) in [5, 5.41) is 3.31. The summed E-state index contributed by atoms with van der Waals surface area (Å²) in [5.41, 5.74) is 7.10. The summed E-state index contributed by atoms with van der Waals surface area (Å²) in [5.74, 6) is 1.51. The van der Waals surface area contributed by atoms with Gasteiger partial charge in [0.2, 0.25) is 5.95 Å². The first-order valence-corrected chi connectivity index (χ1v) is 6.37. The van der Waals surface area contributed by atoms with Gasteiger partial charge in [0.25, 0.3) is 0 Å². The van der Waals surface area contributed by atoms with E-state index in [-0.39, 0.29) is 0 Å². The Bertz CT molecular complexity index is 429. The van der Waals surface area contributed by atoms with Crippen LogP contribution in [0.3, 0.4) is 0 Å². The van der Waals surface area contributed by atoms with Gasteiger partial charge in [-0.25, -0.2) is 9.97 Å². The first-order valence-electron chi connectivity index (χ1n) is 5.96. The van der Waals surface area contributed by atoms with Crippen LogP contribution >= 0.6 is 12.2 Å². The Morgan fingerprint density at radius 2 is 2.29 bits per heavy atom. The van der Waals surface area contributed by atoms with Gasteiger partial charge >= 0.3 is 0 Å². The van der Waals surface area contributed by atoms with E-state index in [0.717, 1.165) is 11.6 Å². The Morgan fingerprint density at radius 1 is 1.59 bits per heavy atom. The van der Waals surface area contributed by atoms with Crippen LogP contribution < -0.4 is 11.1 Å². The van der Waals surface area contributed by atoms with Crippen molar-refractivity contribution in [1.82, 2.24) is 9.97 Å². The fraction of sp³-hybridized carbons (Fsp3) is 0.583. The van der Waals surface area contributed by atoms with Crippen molar-refractivity contribution in [3.8, 4) is 0 Å². The minimum absolute atomic E-state index is 0.313. The Kier molecular flexibility index (Phi) is 3.57. The van der Waals surface area contributed by atoms with E-state index in [0.29, 0.717) is 22.7 Å². The second kappa shape index (κ2) is 4.96. The summed E-state index contributed by atoms with van der Waals surface area (Å²) in [6.45, 7) is 4.07. The van der Waals surface area contributed by atoms with Crippen LogP contribution in [0.25, 0.3) is 0 Å². The molecule has 0 saturated heterocycles. The smallest absolute Gasteiger partial charge is 0.223 e. The van der Waals surface area contributed by atoms with Crippen LogP contribution in [0.1, 0.15) is 37.6 Å². The zero-order valence-corrected chi connectivity index (χ0v) is 11.0. The van der Waals surface area contributed by atoms with Crippen LogP contribution in [0.4, 0.5) is 5.95 Å². The Hall–Kier alpha value is -1.23. The molecule has 1 unspecified atom stereocenters. The minimum Gasteiger partial charge on any atom is -0.388 e. The van der Waals surface area contributed by atoms with Crippen LogP contribution in [-0.4, -0.2) is 21.0 Å². The number of hydrogen-bond donors (Lipinski definition) is 2.